The molecule has 0 fully saturated rings. The molecule has 0 N–H and O–H groups in total. The molecule has 0 spiro atoms. The van der Waals surface area contributed by atoms with Crippen LogP contribution in [0.4, 0.5) is 0 Å². The van der Waals surface area contributed by atoms with Gasteiger partial charge in [-0.15, -0.1) is 0 Å². The van der Waals surface area contributed by atoms with Gasteiger partial charge in [-0.2, -0.15) is 0 Å². The molecule has 25 heavy (non-hydrogen) atoms. The number of thiazole rings is 1. The standard InChI is InChI=1S/C16H9BrClNO4S2/c17-14-13(15(20)23-11-4-2-1-3-5-11)24-16(19-14)25(21,22)12-8-6-10(18)7-9-12/h1-9H. The molecular weight excluding hydrogens is 450 g/mol. The highest BCUT2D eigenvalue weighted by Crippen LogP contribution is 2.31. The fourth-order valence-electron chi connectivity index (χ4n) is 1.88. The molecule has 9 heteroatoms. The van der Waals surface area contributed by atoms with Crippen LogP contribution in [0.3, 0.4) is 0 Å². The van der Waals surface area contributed by atoms with Crippen molar-refractivity contribution in [2.45, 2.75) is 9.24 Å². The summed E-state index contributed by atoms with van der Waals surface area (Å²) < 4.78 is 30.4. The van der Waals surface area contributed by atoms with Crippen LogP contribution >= 0.6 is 38.9 Å². The molecule has 0 saturated carbocycles. The second-order valence-electron chi connectivity index (χ2n) is 4.76. The van der Waals surface area contributed by atoms with E-state index in [9.17, 15) is 13.2 Å². The fourth-order valence-corrected chi connectivity index (χ4v) is 5.27. The number of nitrogens with zero attached hydrogens (tertiary/aromatic N) is 1. The Balaban J connectivity index is 1.92. The van der Waals surface area contributed by atoms with E-state index in [1.807, 2.05) is 0 Å². The van der Waals surface area contributed by atoms with Crippen molar-refractivity contribution in [3.05, 3.63) is 69.1 Å². The Hall–Kier alpha value is -1.74. The summed E-state index contributed by atoms with van der Waals surface area (Å²) in [4.78, 5) is 16.3. The lowest BCUT2D eigenvalue weighted by Crippen LogP contribution is -2.07. The zero-order chi connectivity index (χ0) is 18.0. The maximum atomic E-state index is 12.6. The SMILES string of the molecule is O=C(Oc1ccccc1)c1sc(S(=O)(=O)c2ccc(Cl)cc2)nc1Br. The van der Waals surface area contributed by atoms with E-state index < -0.39 is 15.8 Å². The number of rotatable bonds is 4. The quantitative estimate of drug-likeness (QED) is 0.422. The van der Waals surface area contributed by atoms with E-state index in [1.54, 1.807) is 30.3 Å². The Kier molecular flexibility index (Phi) is 5.24. The van der Waals surface area contributed by atoms with Crippen molar-refractivity contribution in [2.75, 3.05) is 0 Å². The van der Waals surface area contributed by atoms with Crippen molar-refractivity contribution in [2.24, 2.45) is 0 Å². The summed E-state index contributed by atoms with van der Waals surface area (Å²) in [6.45, 7) is 0. The Labute approximate surface area is 161 Å². The van der Waals surface area contributed by atoms with Crippen LogP contribution in [0.2, 0.25) is 5.02 Å². The third-order valence-corrected chi connectivity index (χ3v) is 7.33. The lowest BCUT2D eigenvalue weighted by Gasteiger charge is -2.01. The maximum absolute atomic E-state index is 12.6. The predicted octanol–water partition coefficient (Wildman–Crippen LogP) is 4.61. The molecule has 1 heterocycles. The molecular formula is C16H9BrClNO4S2. The Morgan fingerprint density at radius 2 is 1.72 bits per heavy atom. The lowest BCUT2D eigenvalue weighted by atomic mass is 10.3. The molecule has 0 aliphatic rings. The van der Waals surface area contributed by atoms with Crippen LogP contribution in [0.15, 0.2) is 68.4 Å². The van der Waals surface area contributed by atoms with Crippen molar-refractivity contribution in [3.8, 4) is 5.75 Å². The first kappa shape index (κ1) is 18.1. The molecule has 0 aliphatic carbocycles. The van der Waals surface area contributed by atoms with Crippen LogP contribution < -0.4 is 4.74 Å². The molecule has 0 unspecified atom stereocenters. The summed E-state index contributed by atoms with van der Waals surface area (Å²) >= 11 is 9.64. The monoisotopic (exact) mass is 457 g/mol. The van der Waals surface area contributed by atoms with Gasteiger partial charge in [0.2, 0.25) is 14.2 Å². The number of esters is 1. The number of sulfone groups is 1. The first-order chi connectivity index (χ1) is 11.9. The molecule has 5 nitrogen and oxygen atoms in total. The largest absolute Gasteiger partial charge is 0.422 e. The van der Waals surface area contributed by atoms with Crippen molar-refractivity contribution in [3.63, 3.8) is 0 Å². The molecule has 128 valence electrons. The van der Waals surface area contributed by atoms with E-state index in [0.717, 1.165) is 11.3 Å². The number of benzene rings is 2. The Morgan fingerprint density at radius 3 is 2.36 bits per heavy atom. The third kappa shape index (κ3) is 3.92. The zero-order valence-corrected chi connectivity index (χ0v) is 16.3. The second-order valence-corrected chi connectivity index (χ2v) is 9.07. The Bertz CT molecular complexity index is 1020. The highest BCUT2D eigenvalue weighted by Gasteiger charge is 2.27. The number of halogens is 2. The first-order valence-electron chi connectivity index (χ1n) is 6.82. The molecule has 3 rings (SSSR count). The van der Waals surface area contributed by atoms with Gasteiger partial charge in [0.05, 0.1) is 4.90 Å². The number of aromatic nitrogens is 1. The van der Waals surface area contributed by atoms with Gasteiger partial charge in [0.15, 0.2) is 0 Å². The average molecular weight is 459 g/mol. The molecule has 0 radical (unpaired) electrons. The van der Waals surface area contributed by atoms with Crippen molar-refractivity contribution >= 4 is 54.7 Å². The minimum Gasteiger partial charge on any atom is -0.422 e. The minimum absolute atomic E-state index is 0.0427. The predicted molar refractivity (Wildman–Crippen MR) is 98.1 cm³/mol. The van der Waals surface area contributed by atoms with Gasteiger partial charge < -0.3 is 4.74 Å². The fraction of sp³-hybridized carbons (Fsp3) is 0. The summed E-state index contributed by atoms with van der Waals surface area (Å²) in [5.74, 6) is -0.331. The number of hydrogen-bond acceptors (Lipinski definition) is 6. The number of ether oxygens (including phenoxy) is 1. The smallest absolute Gasteiger partial charge is 0.356 e. The maximum Gasteiger partial charge on any atom is 0.356 e. The average Bonchev–Trinajstić information content (AvgIpc) is 2.99. The van der Waals surface area contributed by atoms with E-state index in [-0.39, 0.29) is 18.7 Å². The van der Waals surface area contributed by atoms with Gasteiger partial charge in [-0.3, -0.25) is 0 Å². The lowest BCUT2D eigenvalue weighted by molar-refractivity contribution is 0.0738. The van der Waals surface area contributed by atoms with Crippen LogP contribution in [-0.2, 0) is 9.84 Å². The summed E-state index contributed by atoms with van der Waals surface area (Å²) in [5, 5.41) is 0.423. The minimum atomic E-state index is -3.85. The summed E-state index contributed by atoms with van der Waals surface area (Å²) in [6.07, 6.45) is 0. The molecule has 1 aromatic heterocycles. The van der Waals surface area contributed by atoms with Gasteiger partial charge in [-0.1, -0.05) is 41.1 Å². The van der Waals surface area contributed by atoms with Gasteiger partial charge in [-0.05, 0) is 52.3 Å². The number of hydrogen-bond donors (Lipinski definition) is 0. The van der Waals surface area contributed by atoms with Crippen LogP contribution in [-0.4, -0.2) is 19.4 Å². The molecule has 2 aromatic carbocycles. The zero-order valence-electron chi connectivity index (χ0n) is 12.3. The van der Waals surface area contributed by atoms with Gasteiger partial charge in [-0.25, -0.2) is 18.2 Å². The van der Waals surface area contributed by atoms with Crippen molar-refractivity contribution < 1.29 is 17.9 Å². The van der Waals surface area contributed by atoms with Crippen molar-refractivity contribution in [1.29, 1.82) is 0 Å². The third-order valence-electron chi connectivity index (χ3n) is 3.06. The number of carbonyl (C=O) groups is 1. The van der Waals surface area contributed by atoms with E-state index in [2.05, 4.69) is 20.9 Å². The van der Waals surface area contributed by atoms with Gasteiger partial charge in [0, 0.05) is 5.02 Å². The van der Waals surface area contributed by atoms with E-state index in [4.69, 9.17) is 16.3 Å². The molecule has 0 aliphatic heterocycles. The number of para-hydroxylation sites is 1. The van der Waals surface area contributed by atoms with Crippen LogP contribution in [0, 0.1) is 0 Å². The molecule has 0 saturated heterocycles. The Morgan fingerprint density at radius 1 is 1.08 bits per heavy atom. The van der Waals surface area contributed by atoms with E-state index in [1.165, 1.54) is 24.3 Å². The van der Waals surface area contributed by atoms with Crippen molar-refractivity contribution in [1.82, 2.24) is 4.98 Å². The highest BCUT2D eigenvalue weighted by molar-refractivity contribution is 9.10. The van der Waals surface area contributed by atoms with Gasteiger partial charge in [0.25, 0.3) is 0 Å². The first-order valence-corrected chi connectivity index (χ1v) is 10.3. The van der Waals surface area contributed by atoms with E-state index in [0.29, 0.717) is 10.8 Å². The van der Waals surface area contributed by atoms with Crippen LogP contribution in [0.25, 0.3) is 0 Å². The van der Waals surface area contributed by atoms with Crippen LogP contribution in [0.1, 0.15) is 9.67 Å². The second kappa shape index (κ2) is 7.25. The normalized spacial score (nSPS) is 11.3. The highest BCUT2D eigenvalue weighted by atomic mass is 79.9. The van der Waals surface area contributed by atoms with E-state index >= 15 is 0 Å². The molecule has 3 aromatic rings. The number of carbonyl (C=O) groups excluding carboxylic acids is 1. The van der Waals surface area contributed by atoms with Crippen LogP contribution in [0.5, 0.6) is 5.75 Å². The van der Waals surface area contributed by atoms with Gasteiger partial charge in [0.1, 0.15) is 15.2 Å². The topological polar surface area (TPSA) is 73.3 Å². The van der Waals surface area contributed by atoms with Gasteiger partial charge >= 0.3 is 5.97 Å². The molecule has 0 bridgehead atoms. The molecule has 0 amide bonds. The summed E-state index contributed by atoms with van der Waals surface area (Å²) in [5.41, 5.74) is 0. The molecule has 0 atom stereocenters. The summed E-state index contributed by atoms with van der Waals surface area (Å²) in [6, 6.07) is 14.2. The summed E-state index contributed by atoms with van der Waals surface area (Å²) in [7, 11) is -3.85.